The zero-order chi connectivity index (χ0) is 18.5. The van der Waals surface area contributed by atoms with Gasteiger partial charge in [0.1, 0.15) is 0 Å². The molecule has 0 fully saturated rings. The van der Waals surface area contributed by atoms with E-state index in [1.54, 1.807) is 18.3 Å². The summed E-state index contributed by atoms with van der Waals surface area (Å²) in [7, 11) is 0. The summed E-state index contributed by atoms with van der Waals surface area (Å²) in [6, 6.07) is 13.7. The van der Waals surface area contributed by atoms with Crippen LogP contribution in [0.15, 0.2) is 64.3 Å². The topological polar surface area (TPSA) is 48.8 Å². The van der Waals surface area contributed by atoms with Crippen LogP contribution in [0.4, 0.5) is 5.69 Å². The van der Waals surface area contributed by atoms with Crippen LogP contribution in [0.5, 0.6) is 0 Å². The highest BCUT2D eigenvalue weighted by Gasteiger charge is 2.18. The fraction of sp³-hybridized carbons (Fsp3) is 0.158. The van der Waals surface area contributed by atoms with Gasteiger partial charge in [0.25, 0.3) is 0 Å². The minimum absolute atomic E-state index is 0.558. The Hall–Kier alpha value is -1.95. The predicted octanol–water partition coefficient (Wildman–Crippen LogP) is 5.82. The zero-order valence-electron chi connectivity index (χ0n) is 14.4. The molecule has 0 amide bonds. The van der Waals surface area contributed by atoms with Crippen molar-refractivity contribution < 1.29 is 0 Å². The van der Waals surface area contributed by atoms with Crippen molar-refractivity contribution in [1.82, 2.24) is 5.32 Å². The van der Waals surface area contributed by atoms with Crippen LogP contribution in [-0.2, 0) is 6.54 Å². The van der Waals surface area contributed by atoms with E-state index >= 15 is 0 Å². The van der Waals surface area contributed by atoms with Gasteiger partial charge < -0.3 is 10.6 Å². The maximum atomic E-state index is 6.13. The molecule has 0 atom stereocenters. The quantitative estimate of drug-likeness (QED) is 0.659. The average Bonchev–Trinajstić information content (AvgIpc) is 2.58. The number of thioether (sulfide) groups is 1. The number of nitrogens with zero attached hydrogens (tertiary/aromatic N) is 2. The lowest BCUT2D eigenvalue weighted by molar-refractivity contribution is 0.808. The number of aliphatic imine (C=N–C) groups is 2. The molecule has 0 radical (unpaired) electrons. The van der Waals surface area contributed by atoms with Gasteiger partial charge in [-0.1, -0.05) is 53.0 Å². The van der Waals surface area contributed by atoms with E-state index in [4.69, 9.17) is 23.2 Å². The first kappa shape index (κ1) is 18.8. The molecule has 4 nitrogen and oxygen atoms in total. The fourth-order valence-electron chi connectivity index (χ4n) is 2.14. The van der Waals surface area contributed by atoms with Crippen LogP contribution in [-0.4, -0.2) is 10.3 Å². The molecule has 134 valence electrons. The first-order valence-corrected chi connectivity index (χ1v) is 9.59. The third-order valence-electron chi connectivity index (χ3n) is 3.62. The Bertz CT molecular complexity index is 889. The van der Waals surface area contributed by atoms with Gasteiger partial charge in [-0.3, -0.25) is 0 Å². The fourth-order valence-corrected chi connectivity index (χ4v) is 3.17. The molecule has 0 aromatic heterocycles. The summed E-state index contributed by atoms with van der Waals surface area (Å²) in [5, 5.41) is 9.10. The molecule has 0 saturated heterocycles. The molecule has 0 spiro atoms. The summed E-state index contributed by atoms with van der Waals surface area (Å²) in [6.07, 6.45) is 1.78. The minimum Gasteiger partial charge on any atom is -0.383 e. The van der Waals surface area contributed by atoms with Crippen LogP contribution >= 0.6 is 35.0 Å². The maximum Gasteiger partial charge on any atom is 0.197 e. The molecule has 26 heavy (non-hydrogen) atoms. The number of hydrogen-bond acceptors (Lipinski definition) is 4. The standard InChI is InChI=1S/C19H18Cl2N4S/c1-12-3-5-14(6-4-12)11-22-13(2)10-23-18-25-19(26-18)24-17-8-7-15(20)9-16(17)21/h3-10,22H,11H2,1-2H3,(H,23,24,25)/b13-10+. The molecule has 0 aliphatic carbocycles. The Labute approximate surface area is 167 Å². The monoisotopic (exact) mass is 404 g/mol. The number of benzene rings is 2. The second kappa shape index (κ2) is 8.62. The molecule has 3 rings (SSSR count). The van der Waals surface area contributed by atoms with Gasteiger partial charge in [-0.05, 0) is 49.4 Å². The summed E-state index contributed by atoms with van der Waals surface area (Å²) in [6.45, 7) is 4.84. The van der Waals surface area contributed by atoms with E-state index in [-0.39, 0.29) is 0 Å². The average molecular weight is 405 g/mol. The van der Waals surface area contributed by atoms with Gasteiger partial charge in [-0.15, -0.1) is 0 Å². The third-order valence-corrected chi connectivity index (χ3v) is 4.93. The number of rotatable bonds is 5. The number of aryl methyl sites for hydroxylation is 1. The number of halogens is 2. The van der Waals surface area contributed by atoms with Crippen LogP contribution in [0.3, 0.4) is 0 Å². The Morgan fingerprint density at radius 1 is 1.19 bits per heavy atom. The molecular formula is C19H18Cl2N4S. The lowest BCUT2D eigenvalue weighted by Crippen LogP contribution is -2.19. The number of anilines is 1. The molecule has 0 bridgehead atoms. The van der Waals surface area contributed by atoms with E-state index in [9.17, 15) is 0 Å². The normalized spacial score (nSPS) is 15.5. The van der Waals surface area contributed by atoms with E-state index in [1.807, 2.05) is 13.0 Å². The SMILES string of the molecule is C/C(=C\N=C1N=C(Nc2ccc(Cl)cc2Cl)S1)NCc1ccc(C)cc1. The smallest absolute Gasteiger partial charge is 0.197 e. The first-order valence-electron chi connectivity index (χ1n) is 8.02. The molecule has 2 aromatic carbocycles. The Morgan fingerprint density at radius 3 is 2.62 bits per heavy atom. The van der Waals surface area contributed by atoms with Crippen molar-refractivity contribution in [1.29, 1.82) is 0 Å². The molecule has 0 saturated carbocycles. The van der Waals surface area contributed by atoms with E-state index in [1.165, 1.54) is 22.9 Å². The van der Waals surface area contributed by atoms with Crippen molar-refractivity contribution in [2.45, 2.75) is 20.4 Å². The van der Waals surface area contributed by atoms with E-state index in [0.717, 1.165) is 23.1 Å². The van der Waals surface area contributed by atoms with Crippen molar-refractivity contribution in [2.75, 3.05) is 5.32 Å². The molecule has 7 heteroatoms. The summed E-state index contributed by atoms with van der Waals surface area (Å²) in [5.74, 6) is 0. The van der Waals surface area contributed by atoms with Crippen molar-refractivity contribution >= 4 is 51.0 Å². The minimum atomic E-state index is 0.558. The van der Waals surface area contributed by atoms with E-state index in [0.29, 0.717) is 15.2 Å². The summed E-state index contributed by atoms with van der Waals surface area (Å²) < 4.78 is 0. The predicted molar refractivity (Wildman–Crippen MR) is 114 cm³/mol. The second-order valence-corrected chi connectivity index (χ2v) is 7.63. The number of hydrogen-bond donors (Lipinski definition) is 2. The first-order chi connectivity index (χ1) is 12.5. The van der Waals surface area contributed by atoms with Gasteiger partial charge in [0, 0.05) is 23.5 Å². The van der Waals surface area contributed by atoms with Crippen LogP contribution in [0.1, 0.15) is 18.1 Å². The Kier molecular flexibility index (Phi) is 6.25. The lowest BCUT2D eigenvalue weighted by atomic mass is 10.1. The Balaban J connectivity index is 1.51. The molecule has 1 aliphatic heterocycles. The van der Waals surface area contributed by atoms with E-state index in [2.05, 4.69) is 51.8 Å². The van der Waals surface area contributed by atoms with Crippen LogP contribution in [0.25, 0.3) is 0 Å². The zero-order valence-corrected chi connectivity index (χ0v) is 16.7. The molecule has 2 N–H and O–H groups in total. The lowest BCUT2D eigenvalue weighted by Gasteiger charge is -2.16. The van der Waals surface area contributed by atoms with Crippen LogP contribution < -0.4 is 10.6 Å². The summed E-state index contributed by atoms with van der Waals surface area (Å²) >= 11 is 13.5. The van der Waals surface area contributed by atoms with Crippen molar-refractivity contribution in [3.05, 3.63) is 75.5 Å². The largest absolute Gasteiger partial charge is 0.383 e. The molecule has 0 unspecified atom stereocenters. The van der Waals surface area contributed by atoms with Crippen molar-refractivity contribution in [2.24, 2.45) is 9.98 Å². The molecule has 1 heterocycles. The summed E-state index contributed by atoms with van der Waals surface area (Å²) in [4.78, 5) is 8.69. The highest BCUT2D eigenvalue weighted by atomic mass is 35.5. The van der Waals surface area contributed by atoms with Crippen LogP contribution in [0, 0.1) is 6.92 Å². The van der Waals surface area contributed by atoms with Gasteiger partial charge in [0.05, 0.1) is 10.7 Å². The number of nitrogens with one attached hydrogen (secondary N) is 2. The van der Waals surface area contributed by atoms with Gasteiger partial charge >= 0.3 is 0 Å². The van der Waals surface area contributed by atoms with Crippen molar-refractivity contribution in [3.8, 4) is 0 Å². The summed E-state index contributed by atoms with van der Waals surface area (Å²) in [5.41, 5.74) is 4.25. The van der Waals surface area contributed by atoms with Gasteiger partial charge in [0.2, 0.25) is 0 Å². The van der Waals surface area contributed by atoms with Crippen molar-refractivity contribution in [3.63, 3.8) is 0 Å². The molecular weight excluding hydrogens is 387 g/mol. The molecule has 1 aliphatic rings. The van der Waals surface area contributed by atoms with Gasteiger partial charge in [0.15, 0.2) is 10.3 Å². The maximum absolute atomic E-state index is 6.13. The second-order valence-electron chi connectivity index (χ2n) is 5.83. The van der Waals surface area contributed by atoms with E-state index < -0.39 is 0 Å². The number of allylic oxidation sites excluding steroid dienone is 1. The van der Waals surface area contributed by atoms with Gasteiger partial charge in [-0.25, -0.2) is 4.99 Å². The van der Waals surface area contributed by atoms with Gasteiger partial charge in [-0.2, -0.15) is 4.99 Å². The Morgan fingerprint density at radius 2 is 1.92 bits per heavy atom. The third kappa shape index (κ3) is 5.27. The highest BCUT2D eigenvalue weighted by molar-refractivity contribution is 8.29. The van der Waals surface area contributed by atoms with Crippen LogP contribution in [0.2, 0.25) is 10.0 Å². The molecule has 2 aromatic rings. The number of amidine groups is 2. The highest BCUT2D eigenvalue weighted by Crippen LogP contribution is 2.29.